The van der Waals surface area contributed by atoms with Gasteiger partial charge in [0.25, 0.3) is 5.91 Å². The van der Waals surface area contributed by atoms with Crippen LogP contribution in [0.1, 0.15) is 57.5 Å². The van der Waals surface area contributed by atoms with Crippen LogP contribution in [0.5, 0.6) is 0 Å². The number of imidazole rings is 1. The van der Waals surface area contributed by atoms with Gasteiger partial charge >= 0.3 is 6.09 Å². The number of aryl methyl sites for hydroxylation is 2. The normalized spacial score (nSPS) is 13.8. The minimum atomic E-state index is -0.515. The molecule has 6 rings (SSSR count). The molecular formula is C32H33N7O3. The molecule has 1 saturated heterocycles. The minimum Gasteiger partial charge on any atom is -0.445 e. The molecule has 42 heavy (non-hydrogen) atoms. The molecule has 0 saturated carbocycles. The number of piperidine rings is 1. The van der Waals surface area contributed by atoms with Crippen LogP contribution in [0.4, 0.5) is 4.79 Å². The quantitative estimate of drug-likeness (QED) is 0.281. The number of aromatic nitrogens is 5. The summed E-state index contributed by atoms with van der Waals surface area (Å²) in [5.41, 5.74) is 6.76. The van der Waals surface area contributed by atoms with Gasteiger partial charge in [-0.2, -0.15) is 5.10 Å². The molecule has 0 unspecified atom stereocenters. The van der Waals surface area contributed by atoms with E-state index in [1.807, 2.05) is 59.8 Å². The van der Waals surface area contributed by atoms with Gasteiger partial charge in [0.2, 0.25) is 0 Å². The topological polar surface area (TPSA) is 118 Å². The number of H-pyrrole nitrogens is 1. The Kier molecular flexibility index (Phi) is 7.68. The zero-order valence-corrected chi connectivity index (χ0v) is 23.7. The molecular weight excluding hydrogens is 530 g/mol. The van der Waals surface area contributed by atoms with Gasteiger partial charge in [-0.25, -0.2) is 14.8 Å². The molecule has 0 aliphatic carbocycles. The summed E-state index contributed by atoms with van der Waals surface area (Å²) in [5, 5.41) is 9.98. The van der Waals surface area contributed by atoms with Crippen molar-refractivity contribution in [2.45, 2.75) is 45.8 Å². The Bertz CT molecular complexity index is 1720. The van der Waals surface area contributed by atoms with E-state index in [0.717, 1.165) is 35.1 Å². The van der Waals surface area contributed by atoms with E-state index in [1.54, 1.807) is 0 Å². The van der Waals surface area contributed by atoms with E-state index in [0.29, 0.717) is 30.3 Å². The molecule has 0 radical (unpaired) electrons. The number of amides is 2. The average Bonchev–Trinajstić information content (AvgIpc) is 3.67. The van der Waals surface area contributed by atoms with E-state index in [4.69, 9.17) is 4.74 Å². The van der Waals surface area contributed by atoms with Crippen molar-refractivity contribution < 1.29 is 14.3 Å². The van der Waals surface area contributed by atoms with Crippen molar-refractivity contribution >= 4 is 23.0 Å². The van der Waals surface area contributed by atoms with Crippen molar-refractivity contribution in [2.24, 2.45) is 0 Å². The molecule has 10 nitrogen and oxygen atoms in total. The first-order valence-corrected chi connectivity index (χ1v) is 14.1. The maximum absolute atomic E-state index is 13.4. The third-order valence-electron chi connectivity index (χ3n) is 7.73. The van der Waals surface area contributed by atoms with Crippen LogP contribution in [0, 0.1) is 13.8 Å². The summed E-state index contributed by atoms with van der Waals surface area (Å²) >= 11 is 0. The zero-order chi connectivity index (χ0) is 29.1. The number of rotatable bonds is 7. The summed E-state index contributed by atoms with van der Waals surface area (Å²) in [6.45, 7) is 5.80. The molecule has 3 heterocycles. The van der Waals surface area contributed by atoms with Crippen LogP contribution in [0.15, 0.2) is 73.1 Å². The molecule has 1 aliphatic heterocycles. The van der Waals surface area contributed by atoms with Gasteiger partial charge in [0.05, 0.1) is 23.3 Å². The number of likely N-dealkylation sites (tertiary alicyclic amines) is 1. The van der Waals surface area contributed by atoms with Crippen LogP contribution < -0.4 is 5.32 Å². The molecule has 0 bridgehead atoms. The van der Waals surface area contributed by atoms with Gasteiger partial charge in [0.1, 0.15) is 18.8 Å². The van der Waals surface area contributed by atoms with E-state index in [1.165, 1.54) is 11.1 Å². The molecule has 3 aromatic carbocycles. The molecule has 2 amide bonds. The van der Waals surface area contributed by atoms with Crippen LogP contribution in [-0.2, 0) is 17.9 Å². The minimum absolute atomic E-state index is 0.00512. The Hall–Kier alpha value is -4.99. The fourth-order valence-corrected chi connectivity index (χ4v) is 5.34. The van der Waals surface area contributed by atoms with E-state index in [2.05, 4.69) is 62.1 Å². The monoisotopic (exact) mass is 563 g/mol. The highest BCUT2D eigenvalue weighted by molar-refractivity contribution is 5.97. The number of alkyl carbamates (subject to hydrolysis) is 1. The number of ether oxygens (including phenoxy) is 1. The Labute approximate surface area is 243 Å². The molecule has 2 N–H and O–H groups in total. The van der Waals surface area contributed by atoms with E-state index in [-0.39, 0.29) is 25.0 Å². The second-order valence-corrected chi connectivity index (χ2v) is 10.7. The van der Waals surface area contributed by atoms with Crippen molar-refractivity contribution in [1.82, 2.24) is 34.9 Å². The number of fused-ring (bicyclic) bond motifs is 1. The Morgan fingerprint density at radius 1 is 1.02 bits per heavy atom. The predicted octanol–water partition coefficient (Wildman–Crippen LogP) is 5.21. The van der Waals surface area contributed by atoms with Gasteiger partial charge < -0.3 is 15.0 Å². The highest BCUT2D eigenvalue weighted by Crippen LogP contribution is 2.28. The van der Waals surface area contributed by atoms with Crippen LogP contribution in [0.3, 0.4) is 0 Å². The molecule has 5 aromatic rings. The van der Waals surface area contributed by atoms with Gasteiger partial charge in [-0.15, -0.1) is 0 Å². The lowest BCUT2D eigenvalue weighted by molar-refractivity contribution is 0.0711. The summed E-state index contributed by atoms with van der Waals surface area (Å²) in [5.74, 6) is 1.41. The lowest BCUT2D eigenvalue weighted by Gasteiger charge is -2.30. The highest BCUT2D eigenvalue weighted by atomic mass is 16.5. The Morgan fingerprint density at radius 2 is 1.83 bits per heavy atom. The Morgan fingerprint density at radius 3 is 2.64 bits per heavy atom. The van der Waals surface area contributed by atoms with E-state index in [9.17, 15) is 9.59 Å². The summed E-state index contributed by atoms with van der Waals surface area (Å²) in [6, 6.07) is 21.6. The van der Waals surface area contributed by atoms with Crippen LogP contribution in [0.25, 0.3) is 16.7 Å². The molecule has 2 aromatic heterocycles. The first-order chi connectivity index (χ1) is 20.4. The lowest BCUT2D eigenvalue weighted by atomic mass is 9.95. The van der Waals surface area contributed by atoms with Crippen molar-refractivity contribution in [3.8, 4) is 5.69 Å². The number of hydrogen-bond donors (Lipinski definition) is 2. The maximum atomic E-state index is 13.4. The van der Waals surface area contributed by atoms with Crippen LogP contribution >= 0.6 is 0 Å². The number of hydrogen-bond acceptors (Lipinski definition) is 6. The van der Waals surface area contributed by atoms with E-state index >= 15 is 0 Å². The molecule has 0 spiro atoms. The van der Waals surface area contributed by atoms with Crippen LogP contribution in [-0.4, -0.2) is 54.7 Å². The predicted molar refractivity (Wildman–Crippen MR) is 158 cm³/mol. The van der Waals surface area contributed by atoms with Gasteiger partial charge in [-0.3, -0.25) is 14.5 Å². The molecule has 10 heteroatoms. The number of carbonyl (C=O) groups is 2. The summed E-state index contributed by atoms with van der Waals surface area (Å²) in [6.07, 6.45) is 2.83. The van der Waals surface area contributed by atoms with Crippen molar-refractivity contribution in [1.29, 1.82) is 0 Å². The van der Waals surface area contributed by atoms with Gasteiger partial charge in [0.15, 0.2) is 5.82 Å². The largest absolute Gasteiger partial charge is 0.445 e. The first kappa shape index (κ1) is 27.2. The summed E-state index contributed by atoms with van der Waals surface area (Å²) < 4.78 is 7.32. The summed E-state index contributed by atoms with van der Waals surface area (Å²) in [4.78, 5) is 36.5. The third-order valence-corrected chi connectivity index (χ3v) is 7.73. The first-order valence-electron chi connectivity index (χ1n) is 14.1. The Balaban J connectivity index is 1.02. The number of nitrogens with zero attached hydrogens (tertiary/aromatic N) is 5. The molecule has 1 aliphatic rings. The average molecular weight is 564 g/mol. The lowest BCUT2D eigenvalue weighted by Crippen LogP contribution is -2.38. The number of nitrogens with one attached hydrogen (secondary N) is 2. The molecule has 214 valence electrons. The van der Waals surface area contributed by atoms with Gasteiger partial charge in [-0.05, 0) is 67.6 Å². The van der Waals surface area contributed by atoms with Crippen molar-refractivity contribution in [3.05, 3.63) is 107 Å². The fraction of sp³-hybridized carbons (Fsp3) is 0.281. The SMILES string of the molecule is Cc1ccc(C)c(-n2cnc3cc(C(=O)N4CCC(c5n[nH]c(CNC(=O)OCc6ccccc6)n5)CC4)ccc32)c1. The highest BCUT2D eigenvalue weighted by Gasteiger charge is 2.27. The van der Waals surface area contributed by atoms with Gasteiger partial charge in [0, 0.05) is 24.6 Å². The van der Waals surface area contributed by atoms with E-state index < -0.39 is 6.09 Å². The van der Waals surface area contributed by atoms with Gasteiger partial charge in [-0.1, -0.05) is 42.5 Å². The third kappa shape index (κ3) is 5.88. The maximum Gasteiger partial charge on any atom is 0.407 e. The second-order valence-electron chi connectivity index (χ2n) is 10.7. The number of benzene rings is 3. The zero-order valence-electron chi connectivity index (χ0n) is 23.7. The second kappa shape index (κ2) is 11.9. The smallest absolute Gasteiger partial charge is 0.407 e. The standard InChI is InChI=1S/C32H33N7O3/c1-21-8-9-22(2)28(16-21)39-20-34-26-17-25(10-11-27(26)39)31(40)38-14-12-24(13-15-38)30-35-29(36-37-30)18-33-32(41)42-19-23-6-4-3-5-7-23/h3-11,16-17,20,24H,12-15,18-19H2,1-2H3,(H,33,41)(H,35,36,37). The van der Waals surface area contributed by atoms with Crippen molar-refractivity contribution in [2.75, 3.05) is 13.1 Å². The summed E-state index contributed by atoms with van der Waals surface area (Å²) in [7, 11) is 0. The fourth-order valence-electron chi connectivity index (χ4n) is 5.34. The molecule has 1 fully saturated rings. The van der Waals surface area contributed by atoms with Crippen molar-refractivity contribution in [3.63, 3.8) is 0 Å². The molecule has 0 atom stereocenters. The van der Waals surface area contributed by atoms with Crippen LogP contribution in [0.2, 0.25) is 0 Å². The number of aromatic amines is 1. The number of carbonyl (C=O) groups excluding carboxylic acids is 2.